The van der Waals surface area contributed by atoms with Crippen LogP contribution in [0.1, 0.15) is 155 Å². The van der Waals surface area contributed by atoms with Crippen LogP contribution in [-0.4, -0.2) is 187 Å². The molecular formula is C114H150N6O18Si3. The molecule has 0 aliphatic carbocycles. The van der Waals surface area contributed by atoms with Gasteiger partial charge < -0.3 is 84.3 Å². The number of methoxy groups -OCH3 is 1. The van der Waals surface area contributed by atoms with Gasteiger partial charge in [-0.15, -0.1) is 0 Å². The predicted molar refractivity (Wildman–Crippen MR) is 555 cm³/mol. The highest BCUT2D eigenvalue weighted by Gasteiger charge is 2.61. The lowest BCUT2D eigenvalue weighted by Crippen LogP contribution is -2.68. The lowest BCUT2D eigenvalue weighted by Gasteiger charge is -2.52. The molecular weight excluding hydrogens is 1830 g/mol. The molecule has 9 aromatic rings. The minimum atomic E-state index is -3.41. The van der Waals surface area contributed by atoms with Crippen molar-refractivity contribution in [2.45, 2.75) is 309 Å². The first-order chi connectivity index (χ1) is 67.7. The molecule has 6 aliphatic heterocycles. The van der Waals surface area contributed by atoms with Gasteiger partial charge in [0, 0.05) is 46.5 Å². The fourth-order valence-corrected chi connectivity index (χ4v) is 36.4. The number of rotatable bonds is 37. The molecule has 0 aromatic heterocycles. The Kier molecular flexibility index (Phi) is 35.9. The predicted octanol–water partition coefficient (Wildman–Crippen LogP) is 19.9. The van der Waals surface area contributed by atoms with E-state index in [4.69, 9.17) is 89.4 Å². The van der Waals surface area contributed by atoms with Crippen LogP contribution in [0.25, 0.3) is 20.9 Å². The normalized spacial score (nSPS) is 31.9. The molecule has 0 bridgehead atoms. The van der Waals surface area contributed by atoms with Crippen molar-refractivity contribution < 1.29 is 84.3 Å². The quantitative estimate of drug-likeness (QED) is 0.0152. The molecule has 6 fully saturated rings. The van der Waals surface area contributed by atoms with Crippen LogP contribution in [0.3, 0.4) is 0 Å². The van der Waals surface area contributed by atoms with Gasteiger partial charge in [-0.05, 0) is 113 Å². The summed E-state index contributed by atoms with van der Waals surface area (Å²) in [5.41, 5.74) is 25.0. The van der Waals surface area contributed by atoms with Crippen molar-refractivity contribution in [1.29, 1.82) is 0 Å². The van der Waals surface area contributed by atoms with Gasteiger partial charge in [-0.2, -0.15) is 0 Å². The average Bonchev–Trinajstić information content (AvgIpc) is 0.731. The summed E-state index contributed by atoms with van der Waals surface area (Å²) >= 11 is 0. The average molecular weight is 1980 g/mol. The maximum Gasteiger partial charge on any atom is 0.261 e. The fourth-order valence-electron chi connectivity index (χ4n) is 22.7. The highest BCUT2D eigenvalue weighted by atomic mass is 28.4. The largest absolute Gasteiger partial charge is 0.405 e. The van der Waals surface area contributed by atoms with E-state index >= 15 is 0 Å². The summed E-state index contributed by atoms with van der Waals surface area (Å²) < 4.78 is 134. The van der Waals surface area contributed by atoms with Crippen LogP contribution < -0.4 is 31.1 Å². The zero-order valence-corrected chi connectivity index (χ0v) is 89.1. The summed E-state index contributed by atoms with van der Waals surface area (Å²) in [4.78, 5) is 7.20. The van der Waals surface area contributed by atoms with Crippen molar-refractivity contribution in [2.24, 2.45) is 57.6 Å². The van der Waals surface area contributed by atoms with E-state index in [0.717, 1.165) is 47.8 Å². The van der Waals surface area contributed by atoms with Crippen molar-refractivity contribution in [3.63, 3.8) is 0 Å². The smallest absolute Gasteiger partial charge is 0.261 e. The van der Waals surface area contributed by atoms with E-state index in [1.54, 1.807) is 7.11 Å². The third kappa shape index (κ3) is 23.3. The van der Waals surface area contributed by atoms with Crippen LogP contribution in [0.15, 0.2) is 283 Å². The highest BCUT2D eigenvalue weighted by Crippen LogP contribution is 2.49. The monoisotopic (exact) mass is 1980 g/mol. The van der Waals surface area contributed by atoms with Crippen LogP contribution in [0, 0.1) is 47.3 Å². The Morgan fingerprint density at radius 3 is 0.773 bits per heavy atom. The summed E-state index contributed by atoms with van der Waals surface area (Å²) in [6.07, 6.45) is -16.0. The molecule has 30 atom stereocenters. The van der Waals surface area contributed by atoms with Gasteiger partial charge in [0.1, 0.15) is 30.5 Å². The van der Waals surface area contributed by atoms with Crippen LogP contribution in [0.5, 0.6) is 0 Å². The standard InChI is InChI=1S/C114H150N6O18Si3/c1-73-74(2)106(121-21)131-93(70-125-139(112(12,13)14,87-55-37-25-38-56-87)88-57-39-26-40-58-88)99(73)134-108-79(7)102(123-68-85-51-33-23-34-52-85)104(82(10)129-108)137-111-97(118-120-116)77(5)101(95(133-111)72-127-141(114(18,19)20,91-63-45-29-46-64-91)92-65-47-30-48-66-92)136-109-80(8)103(124-69-86-53-35-24-36-54-86)105(83(11)130-109)138-110-96(117-119-115)76(4)100(135-107-78(6)98(75(3)81(9)128-107)122-67-84-49-31-22-32-50-84)94(132-110)71-126-140(113(15,16)17,89-59-41-27-42-60-89)90-61-43-28-44-62-90/h22-66,73-83,93-111H,67-72H2,1-21H3/t73-,74?,75-,76-,77-,78?,79?,80?,81?,82?,83?,93?,94?,95?,96?,97?,98-,99+,100+,101+,102+,103+,104+,105+,106+,107+,108+,109+,110+,111+/m1/s1. The van der Waals surface area contributed by atoms with E-state index in [-0.39, 0.29) is 74.0 Å². The molecule has 141 heavy (non-hydrogen) atoms. The van der Waals surface area contributed by atoms with Crippen molar-refractivity contribution >= 4 is 56.1 Å². The van der Waals surface area contributed by atoms with E-state index in [1.165, 1.54) is 0 Å². The number of hydrogen-bond donors (Lipinski definition) is 0. The van der Waals surface area contributed by atoms with Crippen molar-refractivity contribution in [2.75, 3.05) is 26.9 Å². The van der Waals surface area contributed by atoms with Crippen LogP contribution in [0.2, 0.25) is 15.1 Å². The van der Waals surface area contributed by atoms with E-state index < -0.39 is 182 Å². The van der Waals surface area contributed by atoms with Crippen molar-refractivity contribution in [3.05, 3.63) is 311 Å². The Bertz CT molecular complexity index is 5320. The summed E-state index contributed by atoms with van der Waals surface area (Å²) in [6.45, 7) is 44.0. The Balaban J connectivity index is 0.768. The van der Waals surface area contributed by atoms with Crippen LogP contribution in [0.4, 0.5) is 0 Å². The molecule has 0 spiro atoms. The first kappa shape index (κ1) is 107. The second kappa shape index (κ2) is 47.4. The topological polar surface area (TPSA) is 264 Å². The van der Waals surface area contributed by atoms with Gasteiger partial charge in [0.15, 0.2) is 37.7 Å². The number of hydrogen-bond acceptors (Lipinski definition) is 20. The summed E-state index contributed by atoms with van der Waals surface area (Å²) in [6, 6.07) is 91.5. The minimum absolute atomic E-state index is 0.00834. The SMILES string of the molecule is CO[C@H]1OC(CO[Si](c2ccccc2)(c2ccccc2)C(C)(C)C)[C@@H](O[C@@H]2OC(C)[C@H](O[C@@H]3OC(CO[Si](c4ccccc4)(c4ccccc4)C(C)(C)C)[C@@H](O[C@@H]4OC(C)[C@H](O[C@@H]5OC(CO[Si](c6ccccc6)(c6ccccc6)C(C)(C)C)[C@@H](O[C@@H]6OC(C)[C@@H](C)[C@@H](OCc7ccccc7)C6C)[C@H](C)C5N=[N+]=[N-])[C@@H](OCc5ccccc5)C4C)[C@H](C)C3N=[N+]=[N-])[C@@H](OCc3ccccc3)C2C)[C@H](C)C1C. The third-order valence-electron chi connectivity index (χ3n) is 30.8. The van der Waals surface area contributed by atoms with Gasteiger partial charge in [0.2, 0.25) is 0 Å². The van der Waals surface area contributed by atoms with Crippen molar-refractivity contribution in [1.82, 2.24) is 0 Å². The molecule has 24 nitrogen and oxygen atoms in total. The van der Waals surface area contributed by atoms with E-state index in [1.807, 2.05) is 150 Å². The number of azide groups is 2. The number of benzene rings is 9. The Morgan fingerprint density at radius 1 is 0.262 bits per heavy atom. The maximum atomic E-state index is 11.1. The van der Waals surface area contributed by atoms with Gasteiger partial charge in [0.05, 0.1) is 107 Å². The van der Waals surface area contributed by atoms with Gasteiger partial charge >= 0.3 is 0 Å². The minimum Gasteiger partial charge on any atom is -0.405 e. The molecule has 27 heteroatoms. The van der Waals surface area contributed by atoms with Crippen molar-refractivity contribution in [3.8, 4) is 0 Å². The molecule has 15 rings (SSSR count). The first-order valence-corrected chi connectivity index (χ1v) is 56.5. The molecule has 9 aromatic carbocycles. The Hall–Kier alpha value is -8.47. The second-order valence-corrected chi connectivity index (χ2v) is 55.9. The van der Waals surface area contributed by atoms with Gasteiger partial charge in [-0.25, -0.2) is 0 Å². The number of ether oxygens (including phenoxy) is 15. The van der Waals surface area contributed by atoms with Crippen LogP contribution in [-0.2, 0) is 104 Å². The van der Waals surface area contributed by atoms with Crippen LogP contribution >= 0.6 is 0 Å². The highest BCUT2D eigenvalue weighted by molar-refractivity contribution is 7.00. The van der Waals surface area contributed by atoms with Gasteiger partial charge in [0.25, 0.3) is 25.0 Å². The zero-order chi connectivity index (χ0) is 100. The number of nitrogens with zero attached hydrogens (tertiary/aromatic N) is 6. The van der Waals surface area contributed by atoms with E-state index in [0.29, 0.717) is 6.61 Å². The molecule has 756 valence electrons. The molecule has 0 radical (unpaired) electrons. The summed E-state index contributed by atoms with van der Waals surface area (Å²) in [5, 5.41) is 14.6. The molecule has 6 aliphatic rings. The summed E-state index contributed by atoms with van der Waals surface area (Å²) in [7, 11) is -8.13. The zero-order valence-electron chi connectivity index (χ0n) is 86.1. The molecule has 6 saturated heterocycles. The summed E-state index contributed by atoms with van der Waals surface area (Å²) in [5.74, 6) is -2.94. The Morgan fingerprint density at radius 2 is 0.504 bits per heavy atom. The Labute approximate surface area is 839 Å². The van der Waals surface area contributed by atoms with E-state index in [9.17, 15) is 11.1 Å². The van der Waals surface area contributed by atoms with Gasteiger partial charge in [-0.1, -0.05) is 401 Å². The molecule has 0 N–H and O–H groups in total. The molecule has 6 heterocycles. The first-order valence-electron chi connectivity index (χ1n) is 50.8. The van der Waals surface area contributed by atoms with E-state index in [2.05, 4.69) is 277 Å². The lowest BCUT2D eigenvalue weighted by molar-refractivity contribution is -0.370. The third-order valence-corrected chi connectivity index (χ3v) is 45.8. The molecule has 0 saturated carbocycles. The fraction of sp³-hybridized carbons (Fsp3) is 0.526. The maximum absolute atomic E-state index is 11.1. The van der Waals surface area contributed by atoms with Gasteiger partial charge in [-0.3, -0.25) is 0 Å². The second-order valence-electron chi connectivity index (χ2n) is 43.0. The lowest BCUT2D eigenvalue weighted by atomic mass is 9.84. The molecule has 12 unspecified atom stereocenters. The molecule has 0 amide bonds.